The molecule has 2 saturated heterocycles. The molecule has 2 aliphatic heterocycles. The van der Waals surface area contributed by atoms with E-state index in [9.17, 15) is 8.78 Å². The number of nitrogens with zero attached hydrogens (tertiary/aromatic N) is 5. The fraction of sp³-hybridized carbons (Fsp3) is 0.435. The second-order valence-electron chi connectivity index (χ2n) is 8.64. The number of para-hydroxylation sites is 1. The number of likely N-dealkylation sites (tertiary alicyclic amines) is 1. The molecule has 3 aromatic rings. The Labute approximate surface area is 200 Å². The third-order valence-corrected chi connectivity index (χ3v) is 6.49. The zero-order valence-corrected chi connectivity index (χ0v) is 19.2. The predicted molar refractivity (Wildman–Crippen MR) is 123 cm³/mol. The summed E-state index contributed by atoms with van der Waals surface area (Å²) in [4.78, 5) is 10.3. The van der Waals surface area contributed by atoms with Crippen LogP contribution in [0.4, 0.5) is 14.7 Å². The van der Waals surface area contributed by atoms with Gasteiger partial charge in [-0.1, -0.05) is 29.8 Å². The lowest BCUT2D eigenvalue weighted by Crippen LogP contribution is -2.39. The van der Waals surface area contributed by atoms with Gasteiger partial charge < -0.3 is 15.2 Å². The molecule has 2 aromatic heterocycles. The van der Waals surface area contributed by atoms with E-state index in [2.05, 4.69) is 20.0 Å². The molecule has 5 rings (SSSR count). The molecule has 0 unspecified atom stereocenters. The van der Waals surface area contributed by atoms with E-state index < -0.39 is 6.55 Å². The highest BCUT2D eigenvalue weighted by Crippen LogP contribution is 2.37. The Morgan fingerprint density at radius 2 is 1.94 bits per heavy atom. The molecule has 1 aromatic carbocycles. The van der Waals surface area contributed by atoms with Crippen LogP contribution in [-0.4, -0.2) is 63.1 Å². The number of benzene rings is 1. The molecule has 0 bridgehead atoms. The van der Waals surface area contributed by atoms with Crippen molar-refractivity contribution < 1.29 is 18.3 Å². The van der Waals surface area contributed by atoms with Crippen LogP contribution in [0.3, 0.4) is 0 Å². The summed E-state index contributed by atoms with van der Waals surface area (Å²) >= 11 is 6.00. The molecule has 2 fully saturated rings. The third kappa shape index (κ3) is 5.13. The predicted octanol–water partition coefficient (Wildman–Crippen LogP) is 3.81. The molecule has 0 aliphatic carbocycles. The molecular formula is C23H25ClF2N6O2. The lowest BCUT2D eigenvalue weighted by atomic mass is 9.98. The van der Waals surface area contributed by atoms with Gasteiger partial charge in [-0.3, -0.25) is 4.90 Å². The number of anilines is 1. The van der Waals surface area contributed by atoms with Gasteiger partial charge in [0.25, 0.3) is 0 Å². The van der Waals surface area contributed by atoms with Gasteiger partial charge in [-0.2, -0.15) is 13.9 Å². The van der Waals surface area contributed by atoms with Crippen LogP contribution in [0.1, 0.15) is 30.5 Å². The SMILES string of the molecule is Nc1nc(Cl)cc(-c2nn(C(F)F)cc2Cc2ccccc2OCCN2CCC3(CC2)CO3)n1. The van der Waals surface area contributed by atoms with E-state index in [0.717, 1.165) is 44.6 Å². The molecule has 1 spiro atoms. The van der Waals surface area contributed by atoms with Gasteiger partial charge in [-0.25, -0.2) is 14.6 Å². The number of piperidine rings is 1. The van der Waals surface area contributed by atoms with Crippen molar-refractivity contribution in [3.8, 4) is 17.1 Å². The first kappa shape index (κ1) is 22.9. The monoisotopic (exact) mass is 490 g/mol. The van der Waals surface area contributed by atoms with Gasteiger partial charge in [0.1, 0.15) is 23.2 Å². The van der Waals surface area contributed by atoms with Gasteiger partial charge >= 0.3 is 6.55 Å². The summed E-state index contributed by atoms with van der Waals surface area (Å²) in [6, 6.07) is 9.03. The van der Waals surface area contributed by atoms with Gasteiger partial charge in [0, 0.05) is 43.9 Å². The van der Waals surface area contributed by atoms with Crippen LogP contribution in [0.15, 0.2) is 36.5 Å². The highest BCUT2D eigenvalue weighted by Gasteiger charge is 2.46. The van der Waals surface area contributed by atoms with Crippen LogP contribution >= 0.6 is 11.6 Å². The Bertz CT molecular complexity index is 1140. The first-order valence-corrected chi connectivity index (χ1v) is 11.5. The van der Waals surface area contributed by atoms with Crippen molar-refractivity contribution in [2.75, 3.05) is 38.6 Å². The number of rotatable bonds is 8. The zero-order chi connectivity index (χ0) is 23.7. The Kier molecular flexibility index (Phi) is 6.37. The van der Waals surface area contributed by atoms with E-state index in [1.54, 1.807) is 0 Å². The van der Waals surface area contributed by atoms with Crippen molar-refractivity contribution in [2.45, 2.75) is 31.4 Å². The molecule has 34 heavy (non-hydrogen) atoms. The van der Waals surface area contributed by atoms with Gasteiger partial charge in [0.05, 0.1) is 17.9 Å². The smallest absolute Gasteiger partial charge is 0.333 e. The lowest BCUT2D eigenvalue weighted by Gasteiger charge is -2.30. The van der Waals surface area contributed by atoms with Crippen molar-refractivity contribution in [3.05, 3.63) is 52.8 Å². The lowest BCUT2D eigenvalue weighted by molar-refractivity contribution is 0.0567. The maximum Gasteiger partial charge on any atom is 0.333 e. The van der Waals surface area contributed by atoms with Crippen LogP contribution in [0.2, 0.25) is 5.15 Å². The molecule has 0 amide bonds. The van der Waals surface area contributed by atoms with Crippen molar-refractivity contribution in [3.63, 3.8) is 0 Å². The van der Waals surface area contributed by atoms with Crippen molar-refractivity contribution in [1.82, 2.24) is 24.6 Å². The van der Waals surface area contributed by atoms with Crippen LogP contribution in [0.5, 0.6) is 5.75 Å². The topological polar surface area (TPSA) is 94.6 Å². The summed E-state index contributed by atoms with van der Waals surface area (Å²) in [6.45, 7) is 1.46. The molecule has 2 N–H and O–H groups in total. The van der Waals surface area contributed by atoms with E-state index >= 15 is 0 Å². The third-order valence-electron chi connectivity index (χ3n) is 6.30. The number of hydrogen-bond acceptors (Lipinski definition) is 7. The van der Waals surface area contributed by atoms with Crippen molar-refractivity contribution in [1.29, 1.82) is 0 Å². The Morgan fingerprint density at radius 3 is 2.65 bits per heavy atom. The number of ether oxygens (including phenoxy) is 2. The van der Waals surface area contributed by atoms with Crippen LogP contribution in [0, 0.1) is 0 Å². The van der Waals surface area contributed by atoms with E-state index in [1.807, 2.05) is 24.3 Å². The van der Waals surface area contributed by atoms with Crippen molar-refractivity contribution >= 4 is 17.5 Å². The number of epoxide rings is 1. The second-order valence-corrected chi connectivity index (χ2v) is 9.03. The minimum absolute atomic E-state index is 0.0549. The molecule has 180 valence electrons. The molecule has 2 aliphatic rings. The van der Waals surface area contributed by atoms with E-state index in [4.69, 9.17) is 26.8 Å². The molecule has 11 heteroatoms. The highest BCUT2D eigenvalue weighted by molar-refractivity contribution is 6.29. The highest BCUT2D eigenvalue weighted by atomic mass is 35.5. The molecular weight excluding hydrogens is 466 g/mol. The van der Waals surface area contributed by atoms with Gasteiger partial charge in [0.2, 0.25) is 5.95 Å². The van der Waals surface area contributed by atoms with Crippen LogP contribution in [-0.2, 0) is 11.2 Å². The summed E-state index contributed by atoms with van der Waals surface area (Å²) in [5.41, 5.74) is 7.83. The number of nitrogen functional groups attached to an aromatic ring is 1. The van der Waals surface area contributed by atoms with E-state index in [1.165, 1.54) is 12.3 Å². The summed E-state index contributed by atoms with van der Waals surface area (Å²) in [5, 5.41) is 4.14. The Morgan fingerprint density at radius 1 is 1.18 bits per heavy atom. The maximum atomic E-state index is 13.4. The quantitative estimate of drug-likeness (QED) is 0.379. The van der Waals surface area contributed by atoms with Gasteiger partial charge in [-0.15, -0.1) is 0 Å². The van der Waals surface area contributed by atoms with Crippen molar-refractivity contribution in [2.24, 2.45) is 0 Å². The van der Waals surface area contributed by atoms with Crippen LogP contribution in [0.25, 0.3) is 11.4 Å². The minimum atomic E-state index is -2.79. The Balaban J connectivity index is 1.31. The standard InChI is InChI=1S/C23H25ClF2N6O2/c24-19-12-17(28-22(27)29-19)20-16(13-32(30-20)21(25)26)11-15-3-1-2-4-18(15)33-10-9-31-7-5-23(6-8-31)14-34-23/h1-4,12-13,21H,5-11,14H2,(H2,27,28,29). The molecule has 0 radical (unpaired) electrons. The van der Waals surface area contributed by atoms with Crippen LogP contribution < -0.4 is 10.5 Å². The second kappa shape index (κ2) is 9.44. The van der Waals surface area contributed by atoms with Gasteiger partial charge in [0.15, 0.2) is 0 Å². The molecule has 0 saturated carbocycles. The largest absolute Gasteiger partial charge is 0.492 e. The summed E-state index contributed by atoms with van der Waals surface area (Å²) in [7, 11) is 0. The summed E-state index contributed by atoms with van der Waals surface area (Å²) < 4.78 is 39.1. The maximum absolute atomic E-state index is 13.4. The van der Waals surface area contributed by atoms with Gasteiger partial charge in [-0.05, 0) is 24.5 Å². The first-order valence-electron chi connectivity index (χ1n) is 11.1. The number of nitrogens with two attached hydrogens (primary N) is 1. The summed E-state index contributed by atoms with van der Waals surface area (Å²) in [6.07, 6.45) is 3.77. The fourth-order valence-corrected chi connectivity index (χ4v) is 4.48. The number of halogens is 3. The average molecular weight is 491 g/mol. The normalized spacial score (nSPS) is 17.4. The molecule has 0 atom stereocenters. The average Bonchev–Trinajstić information content (AvgIpc) is 3.42. The number of hydrogen-bond donors (Lipinski definition) is 1. The fourth-order valence-electron chi connectivity index (χ4n) is 4.29. The number of aromatic nitrogens is 4. The summed E-state index contributed by atoms with van der Waals surface area (Å²) in [5.74, 6) is 0.651. The van der Waals surface area contributed by atoms with E-state index in [0.29, 0.717) is 29.0 Å². The van der Waals surface area contributed by atoms with E-state index in [-0.39, 0.29) is 28.1 Å². The minimum Gasteiger partial charge on any atom is -0.492 e. The first-order chi connectivity index (χ1) is 16.4. The molecule has 8 nitrogen and oxygen atoms in total. The number of alkyl halides is 2. The molecule has 4 heterocycles. The zero-order valence-electron chi connectivity index (χ0n) is 18.5. The Hall–Kier alpha value is -2.82.